The highest BCUT2D eigenvalue weighted by Crippen LogP contribution is 2.41. The zero-order valence-corrected chi connectivity index (χ0v) is 10.4. The van der Waals surface area contributed by atoms with Crippen LogP contribution in [0.1, 0.15) is 20.7 Å². The lowest BCUT2D eigenvalue weighted by Gasteiger charge is -2.10. The average Bonchev–Trinajstić information content (AvgIpc) is 2.18. The second kappa shape index (κ2) is 4.67. The molecule has 0 saturated heterocycles. The first kappa shape index (κ1) is 13.4. The Morgan fingerprint density at radius 1 is 0.875 bits per heavy atom. The number of benzene rings is 1. The maximum Gasteiger partial charge on any atom is 0.338 e. The van der Waals surface area contributed by atoms with E-state index in [1.807, 2.05) is 0 Å². The van der Waals surface area contributed by atoms with Crippen molar-refractivity contribution in [1.82, 2.24) is 0 Å². The van der Waals surface area contributed by atoms with Crippen LogP contribution in [0.2, 0.25) is 20.1 Å². The van der Waals surface area contributed by atoms with Crippen LogP contribution < -0.4 is 5.73 Å². The number of carboxylic acid groups (broad SMARTS) is 1. The summed E-state index contributed by atoms with van der Waals surface area (Å²) in [5.74, 6) is -2.53. The van der Waals surface area contributed by atoms with Crippen LogP contribution in [-0.2, 0) is 0 Å². The largest absolute Gasteiger partial charge is 0.478 e. The van der Waals surface area contributed by atoms with Gasteiger partial charge in [-0.2, -0.15) is 0 Å². The summed E-state index contributed by atoms with van der Waals surface area (Å²) in [6, 6.07) is 0. The molecule has 3 N–H and O–H groups in total. The maximum atomic E-state index is 11.1. The van der Waals surface area contributed by atoms with Crippen LogP contribution in [0.15, 0.2) is 0 Å². The van der Waals surface area contributed by atoms with Crippen LogP contribution in [0.25, 0.3) is 0 Å². The molecule has 0 aliphatic carbocycles. The summed E-state index contributed by atoms with van der Waals surface area (Å²) in [5, 5.41) is 7.72. The van der Waals surface area contributed by atoms with Gasteiger partial charge in [0.1, 0.15) is 0 Å². The molecule has 4 nitrogen and oxygen atoms in total. The first-order valence-corrected chi connectivity index (χ1v) is 5.19. The third kappa shape index (κ3) is 2.06. The Balaban J connectivity index is 3.83. The third-order valence-corrected chi connectivity index (χ3v) is 3.53. The Labute approximate surface area is 110 Å². The van der Waals surface area contributed by atoms with E-state index in [1.165, 1.54) is 0 Å². The second-order valence-electron chi connectivity index (χ2n) is 2.68. The van der Waals surface area contributed by atoms with Crippen molar-refractivity contribution in [2.45, 2.75) is 0 Å². The van der Waals surface area contributed by atoms with Crippen molar-refractivity contribution >= 4 is 58.3 Å². The van der Waals surface area contributed by atoms with Crippen molar-refractivity contribution < 1.29 is 14.7 Å². The number of amides is 1. The van der Waals surface area contributed by atoms with E-state index in [0.29, 0.717) is 0 Å². The molecule has 0 aliphatic rings. The Hall–Kier alpha value is -0.680. The molecular formula is C8H3Cl4NO3. The highest BCUT2D eigenvalue weighted by atomic mass is 35.5. The van der Waals surface area contributed by atoms with Crippen molar-refractivity contribution in [1.29, 1.82) is 0 Å². The van der Waals surface area contributed by atoms with Crippen LogP contribution in [0.4, 0.5) is 0 Å². The van der Waals surface area contributed by atoms with Gasteiger partial charge in [-0.25, -0.2) is 4.79 Å². The number of rotatable bonds is 2. The van der Waals surface area contributed by atoms with Crippen LogP contribution >= 0.6 is 46.4 Å². The van der Waals surface area contributed by atoms with Gasteiger partial charge in [0.15, 0.2) is 0 Å². The van der Waals surface area contributed by atoms with Crippen LogP contribution in [-0.4, -0.2) is 17.0 Å². The molecule has 0 aliphatic heterocycles. The van der Waals surface area contributed by atoms with Gasteiger partial charge in [-0.1, -0.05) is 46.4 Å². The molecule has 1 amide bonds. The molecule has 0 heterocycles. The smallest absolute Gasteiger partial charge is 0.338 e. The molecule has 0 fully saturated rings. The normalized spacial score (nSPS) is 10.2. The van der Waals surface area contributed by atoms with Crippen LogP contribution in [0, 0.1) is 0 Å². The number of halogens is 4. The summed E-state index contributed by atoms with van der Waals surface area (Å²) in [7, 11) is 0. The molecule has 1 rings (SSSR count). The van der Waals surface area contributed by atoms with E-state index in [1.54, 1.807) is 0 Å². The number of carboxylic acids is 1. The van der Waals surface area contributed by atoms with Crippen molar-refractivity contribution in [2.24, 2.45) is 5.73 Å². The number of aromatic carboxylic acids is 1. The van der Waals surface area contributed by atoms with Gasteiger partial charge in [-0.3, -0.25) is 4.79 Å². The fourth-order valence-corrected chi connectivity index (χ4v) is 2.09. The summed E-state index contributed by atoms with van der Waals surface area (Å²) in [5.41, 5.74) is 3.97. The summed E-state index contributed by atoms with van der Waals surface area (Å²) in [6.07, 6.45) is 0. The van der Waals surface area contributed by atoms with E-state index < -0.39 is 23.0 Å². The van der Waals surface area contributed by atoms with Gasteiger partial charge in [-0.05, 0) is 0 Å². The van der Waals surface area contributed by atoms with Crippen LogP contribution in [0.5, 0.6) is 0 Å². The third-order valence-electron chi connectivity index (χ3n) is 1.73. The lowest BCUT2D eigenvalue weighted by molar-refractivity contribution is 0.0692. The van der Waals surface area contributed by atoms with E-state index in [0.717, 1.165) is 0 Å². The number of carbonyl (C=O) groups excluding carboxylic acids is 1. The first-order chi connectivity index (χ1) is 7.29. The van der Waals surface area contributed by atoms with Gasteiger partial charge in [-0.15, -0.1) is 0 Å². The number of hydrogen-bond donors (Lipinski definition) is 2. The van der Waals surface area contributed by atoms with Crippen molar-refractivity contribution in [3.8, 4) is 0 Å². The van der Waals surface area contributed by atoms with Gasteiger partial charge in [0.2, 0.25) is 0 Å². The maximum absolute atomic E-state index is 11.1. The molecule has 86 valence electrons. The molecule has 0 aromatic heterocycles. The van der Waals surface area contributed by atoms with Crippen LogP contribution in [0.3, 0.4) is 0 Å². The number of primary amides is 1. The Bertz CT molecular complexity index is 456. The topological polar surface area (TPSA) is 80.4 Å². The Morgan fingerprint density at radius 3 is 1.56 bits per heavy atom. The predicted octanol–water partition coefficient (Wildman–Crippen LogP) is 3.10. The number of carbonyl (C=O) groups is 2. The quantitative estimate of drug-likeness (QED) is 0.650. The fraction of sp³-hybridized carbons (Fsp3) is 0. The number of nitrogens with two attached hydrogens (primary N) is 1. The lowest BCUT2D eigenvalue weighted by atomic mass is 10.1. The first-order valence-electron chi connectivity index (χ1n) is 3.68. The zero-order valence-electron chi connectivity index (χ0n) is 7.35. The summed E-state index contributed by atoms with van der Waals surface area (Å²) in [6.45, 7) is 0. The zero-order chi connectivity index (χ0) is 12.6. The Kier molecular flexibility index (Phi) is 3.91. The second-order valence-corrected chi connectivity index (χ2v) is 4.19. The Morgan fingerprint density at radius 2 is 1.25 bits per heavy atom. The summed E-state index contributed by atoms with van der Waals surface area (Å²) < 4.78 is 0. The molecular weight excluding hydrogens is 300 g/mol. The lowest BCUT2D eigenvalue weighted by Crippen LogP contribution is -2.18. The van der Waals surface area contributed by atoms with E-state index >= 15 is 0 Å². The van der Waals surface area contributed by atoms with E-state index in [-0.39, 0.29) is 20.1 Å². The molecule has 0 atom stereocenters. The highest BCUT2D eigenvalue weighted by Gasteiger charge is 2.27. The molecule has 1 aromatic carbocycles. The molecule has 0 spiro atoms. The summed E-state index contributed by atoms with van der Waals surface area (Å²) >= 11 is 22.6. The minimum absolute atomic E-state index is 0.216. The highest BCUT2D eigenvalue weighted by molar-refractivity contribution is 6.54. The van der Waals surface area contributed by atoms with E-state index in [9.17, 15) is 9.59 Å². The standard InChI is InChI=1S/C8H3Cl4NO3/c9-3-1(7(13)14)2(8(15)16)4(10)6(12)5(3)11/h(H2,13,14)(H,15,16). The fourth-order valence-electron chi connectivity index (χ4n) is 1.06. The monoisotopic (exact) mass is 301 g/mol. The van der Waals surface area contributed by atoms with Crippen molar-refractivity contribution in [3.63, 3.8) is 0 Å². The van der Waals surface area contributed by atoms with E-state index in [4.69, 9.17) is 57.2 Å². The van der Waals surface area contributed by atoms with Gasteiger partial charge < -0.3 is 10.8 Å². The minimum atomic E-state index is -1.47. The molecule has 16 heavy (non-hydrogen) atoms. The molecule has 0 radical (unpaired) electrons. The van der Waals surface area contributed by atoms with Gasteiger partial charge in [0.05, 0.1) is 31.2 Å². The van der Waals surface area contributed by atoms with Crippen molar-refractivity contribution in [3.05, 3.63) is 31.2 Å². The summed E-state index contributed by atoms with van der Waals surface area (Å²) in [4.78, 5) is 22.0. The molecule has 8 heteroatoms. The molecule has 0 unspecified atom stereocenters. The SMILES string of the molecule is NC(=O)c1c(Cl)c(Cl)c(Cl)c(Cl)c1C(=O)O. The van der Waals surface area contributed by atoms with Crippen molar-refractivity contribution in [2.75, 3.05) is 0 Å². The van der Waals surface area contributed by atoms with Gasteiger partial charge in [0, 0.05) is 0 Å². The minimum Gasteiger partial charge on any atom is -0.478 e. The molecule has 1 aromatic rings. The van der Waals surface area contributed by atoms with E-state index in [2.05, 4.69) is 0 Å². The number of hydrogen-bond acceptors (Lipinski definition) is 2. The van der Waals surface area contributed by atoms with Gasteiger partial charge in [0.25, 0.3) is 5.91 Å². The predicted molar refractivity (Wildman–Crippen MR) is 62.0 cm³/mol. The molecule has 0 bridgehead atoms. The average molecular weight is 303 g/mol. The van der Waals surface area contributed by atoms with Gasteiger partial charge >= 0.3 is 5.97 Å². The molecule has 0 saturated carbocycles.